The van der Waals surface area contributed by atoms with Gasteiger partial charge in [0, 0.05) is 0 Å². The van der Waals surface area contributed by atoms with E-state index in [-0.39, 0.29) is 24.1 Å². The monoisotopic (exact) mass is 252 g/mol. The number of rotatable bonds is 7. The van der Waals surface area contributed by atoms with Crippen molar-refractivity contribution in [1.29, 1.82) is 0 Å². The van der Waals surface area contributed by atoms with E-state index in [9.17, 15) is 9.18 Å². The molecular formula is C15H21FO2. The van der Waals surface area contributed by atoms with Crippen LogP contribution in [0.2, 0.25) is 0 Å². The Balaban J connectivity index is 2.71. The van der Waals surface area contributed by atoms with Gasteiger partial charge >= 0.3 is 5.97 Å². The molecule has 0 amide bonds. The lowest BCUT2D eigenvalue weighted by Crippen LogP contribution is -2.12. The summed E-state index contributed by atoms with van der Waals surface area (Å²) in [6.07, 6.45) is 2.78. The molecule has 0 bridgehead atoms. The van der Waals surface area contributed by atoms with Crippen molar-refractivity contribution >= 4 is 5.97 Å². The van der Waals surface area contributed by atoms with Crippen LogP contribution in [0.1, 0.15) is 51.0 Å². The molecule has 0 heterocycles. The molecular weight excluding hydrogens is 231 g/mol. The Kier molecular flexibility index (Phi) is 6.40. The van der Waals surface area contributed by atoms with E-state index < -0.39 is 0 Å². The van der Waals surface area contributed by atoms with Crippen molar-refractivity contribution in [3.8, 4) is 0 Å². The van der Waals surface area contributed by atoms with Crippen LogP contribution in [0.4, 0.5) is 4.39 Å². The number of benzene rings is 1. The van der Waals surface area contributed by atoms with Crippen LogP contribution < -0.4 is 0 Å². The third kappa shape index (κ3) is 4.47. The molecule has 0 aliphatic carbocycles. The number of carbonyl (C=O) groups excluding carboxylic acids is 1. The summed E-state index contributed by atoms with van der Waals surface area (Å²) in [5.74, 6) is -0.557. The van der Waals surface area contributed by atoms with Gasteiger partial charge in [0.05, 0.1) is 13.0 Å². The minimum Gasteiger partial charge on any atom is -0.466 e. The van der Waals surface area contributed by atoms with Crippen LogP contribution in [0.15, 0.2) is 24.3 Å². The van der Waals surface area contributed by atoms with Crippen LogP contribution in [0.3, 0.4) is 0 Å². The van der Waals surface area contributed by atoms with Gasteiger partial charge in [0.25, 0.3) is 0 Å². The molecule has 2 nitrogen and oxygen atoms in total. The van der Waals surface area contributed by atoms with E-state index in [2.05, 4.69) is 0 Å². The maximum Gasteiger partial charge on any atom is 0.306 e. The van der Waals surface area contributed by atoms with Gasteiger partial charge in [0.2, 0.25) is 0 Å². The first-order chi connectivity index (χ1) is 8.69. The molecule has 0 aliphatic rings. The summed E-state index contributed by atoms with van der Waals surface area (Å²) in [5.41, 5.74) is 0.618. The molecule has 0 fully saturated rings. The molecule has 1 atom stereocenters. The smallest absolute Gasteiger partial charge is 0.306 e. The predicted molar refractivity (Wildman–Crippen MR) is 69.9 cm³/mol. The van der Waals surface area contributed by atoms with E-state index >= 15 is 0 Å². The molecule has 18 heavy (non-hydrogen) atoms. The second-order valence-corrected chi connectivity index (χ2v) is 4.43. The average molecular weight is 252 g/mol. The maximum atomic E-state index is 13.7. The van der Waals surface area contributed by atoms with Crippen LogP contribution in [0.25, 0.3) is 0 Å². The van der Waals surface area contributed by atoms with Gasteiger partial charge in [-0.1, -0.05) is 38.5 Å². The van der Waals surface area contributed by atoms with Crippen LogP contribution in [0, 0.1) is 5.82 Å². The fourth-order valence-corrected chi connectivity index (χ4v) is 2.00. The van der Waals surface area contributed by atoms with E-state index in [0.717, 1.165) is 19.3 Å². The second-order valence-electron chi connectivity index (χ2n) is 4.43. The van der Waals surface area contributed by atoms with E-state index in [0.29, 0.717) is 12.2 Å². The largest absolute Gasteiger partial charge is 0.466 e. The Morgan fingerprint density at radius 1 is 1.28 bits per heavy atom. The fraction of sp³-hybridized carbons (Fsp3) is 0.533. The molecule has 0 aliphatic heterocycles. The fourth-order valence-electron chi connectivity index (χ4n) is 2.00. The molecule has 1 rings (SSSR count). The maximum absolute atomic E-state index is 13.7. The third-order valence-electron chi connectivity index (χ3n) is 2.86. The number of hydrogen-bond acceptors (Lipinski definition) is 2. The number of esters is 1. The van der Waals surface area contributed by atoms with E-state index in [1.807, 2.05) is 13.8 Å². The zero-order valence-electron chi connectivity index (χ0n) is 11.1. The molecule has 1 unspecified atom stereocenters. The molecule has 0 aromatic heterocycles. The Morgan fingerprint density at radius 2 is 2.00 bits per heavy atom. The van der Waals surface area contributed by atoms with Gasteiger partial charge in [0.1, 0.15) is 5.82 Å². The van der Waals surface area contributed by atoms with Crippen molar-refractivity contribution < 1.29 is 13.9 Å². The van der Waals surface area contributed by atoms with E-state index in [1.54, 1.807) is 18.2 Å². The number of hydrogen-bond donors (Lipinski definition) is 0. The Morgan fingerprint density at radius 3 is 2.61 bits per heavy atom. The zero-order chi connectivity index (χ0) is 13.4. The molecule has 100 valence electrons. The van der Waals surface area contributed by atoms with Gasteiger partial charge in [-0.15, -0.1) is 0 Å². The lowest BCUT2D eigenvalue weighted by atomic mass is 9.91. The highest BCUT2D eigenvalue weighted by Gasteiger charge is 2.19. The standard InChI is InChI=1S/C15H21FO2/c1-3-7-12(11-15(17)18-10-4-2)13-8-5-6-9-14(13)16/h5-6,8-9,12H,3-4,7,10-11H2,1-2H3. The normalized spacial score (nSPS) is 12.2. The summed E-state index contributed by atoms with van der Waals surface area (Å²) in [6.45, 7) is 4.42. The second kappa shape index (κ2) is 7.85. The molecule has 0 N–H and O–H groups in total. The first kappa shape index (κ1) is 14.7. The highest BCUT2D eigenvalue weighted by atomic mass is 19.1. The molecule has 1 aromatic rings. The lowest BCUT2D eigenvalue weighted by molar-refractivity contribution is -0.144. The van der Waals surface area contributed by atoms with Crippen molar-refractivity contribution in [3.05, 3.63) is 35.6 Å². The van der Waals surface area contributed by atoms with Crippen molar-refractivity contribution in [2.45, 2.75) is 45.4 Å². The third-order valence-corrected chi connectivity index (χ3v) is 2.86. The van der Waals surface area contributed by atoms with Gasteiger partial charge in [0.15, 0.2) is 0 Å². The Labute approximate surface area is 108 Å². The van der Waals surface area contributed by atoms with Crippen molar-refractivity contribution in [1.82, 2.24) is 0 Å². The van der Waals surface area contributed by atoms with E-state index in [4.69, 9.17) is 4.74 Å². The summed E-state index contributed by atoms with van der Waals surface area (Å²) >= 11 is 0. The molecule has 0 spiro atoms. The van der Waals surface area contributed by atoms with Crippen molar-refractivity contribution in [2.75, 3.05) is 6.61 Å². The summed E-state index contributed by atoms with van der Waals surface area (Å²) in [4.78, 5) is 11.6. The topological polar surface area (TPSA) is 26.3 Å². The van der Waals surface area contributed by atoms with Gasteiger partial charge in [-0.2, -0.15) is 0 Å². The SMILES string of the molecule is CCCOC(=O)CC(CCC)c1ccccc1F. The minimum absolute atomic E-state index is 0.0828. The van der Waals surface area contributed by atoms with E-state index in [1.165, 1.54) is 6.07 Å². The van der Waals surface area contributed by atoms with Gasteiger partial charge in [-0.05, 0) is 30.4 Å². The summed E-state index contributed by atoms with van der Waals surface area (Å²) in [7, 11) is 0. The van der Waals surface area contributed by atoms with Gasteiger partial charge in [-0.25, -0.2) is 4.39 Å². The number of carbonyl (C=O) groups is 1. The highest BCUT2D eigenvalue weighted by Crippen LogP contribution is 2.27. The lowest BCUT2D eigenvalue weighted by Gasteiger charge is -2.16. The van der Waals surface area contributed by atoms with Crippen LogP contribution >= 0.6 is 0 Å². The molecule has 0 saturated carbocycles. The molecule has 1 aromatic carbocycles. The summed E-state index contributed by atoms with van der Waals surface area (Å²) in [6, 6.07) is 6.66. The predicted octanol–water partition coefficient (Wildman–Crippen LogP) is 4.05. The van der Waals surface area contributed by atoms with Crippen LogP contribution in [-0.4, -0.2) is 12.6 Å². The summed E-state index contributed by atoms with van der Waals surface area (Å²) < 4.78 is 18.8. The van der Waals surface area contributed by atoms with Crippen LogP contribution in [-0.2, 0) is 9.53 Å². The van der Waals surface area contributed by atoms with Crippen LogP contribution in [0.5, 0.6) is 0 Å². The summed E-state index contributed by atoms with van der Waals surface area (Å²) in [5, 5.41) is 0. The van der Waals surface area contributed by atoms with Gasteiger partial charge < -0.3 is 4.74 Å². The molecule has 3 heteroatoms. The first-order valence-electron chi connectivity index (χ1n) is 6.59. The Hall–Kier alpha value is -1.38. The quantitative estimate of drug-likeness (QED) is 0.684. The first-order valence-corrected chi connectivity index (χ1v) is 6.59. The minimum atomic E-state index is -0.237. The average Bonchev–Trinajstić information content (AvgIpc) is 2.36. The molecule has 0 radical (unpaired) electrons. The molecule has 0 saturated heterocycles. The van der Waals surface area contributed by atoms with Crippen molar-refractivity contribution in [2.24, 2.45) is 0 Å². The number of halogens is 1. The Bertz CT molecular complexity index is 377. The number of ether oxygens (including phenoxy) is 1. The highest BCUT2D eigenvalue weighted by molar-refractivity contribution is 5.70. The van der Waals surface area contributed by atoms with Gasteiger partial charge in [-0.3, -0.25) is 4.79 Å². The van der Waals surface area contributed by atoms with Crippen molar-refractivity contribution in [3.63, 3.8) is 0 Å². The zero-order valence-corrected chi connectivity index (χ0v) is 11.1.